The van der Waals surface area contributed by atoms with Gasteiger partial charge in [-0.15, -0.1) is 0 Å². The number of unbranched alkanes of at least 4 members (excludes halogenated alkanes) is 1. The van der Waals surface area contributed by atoms with Crippen molar-refractivity contribution in [1.82, 2.24) is 0 Å². The van der Waals surface area contributed by atoms with Gasteiger partial charge in [0.25, 0.3) is 0 Å². The van der Waals surface area contributed by atoms with Crippen LogP contribution in [0.5, 0.6) is 0 Å². The highest BCUT2D eigenvalue weighted by atomic mass is 35.5. The second kappa shape index (κ2) is 7.49. The van der Waals surface area contributed by atoms with Crippen LogP contribution in [0.15, 0.2) is 18.2 Å². The van der Waals surface area contributed by atoms with Gasteiger partial charge in [0, 0.05) is 16.5 Å². The quantitative estimate of drug-likeness (QED) is 0.854. The van der Waals surface area contributed by atoms with Crippen molar-refractivity contribution in [2.45, 2.75) is 38.7 Å². The predicted octanol–water partition coefficient (Wildman–Crippen LogP) is 4.19. The van der Waals surface area contributed by atoms with Crippen LogP contribution in [0.4, 0.5) is 4.79 Å². The molecule has 1 aromatic carbocycles. The molecular formula is C13H17Cl2NO2. The van der Waals surface area contributed by atoms with Crippen molar-refractivity contribution in [3.05, 3.63) is 33.8 Å². The van der Waals surface area contributed by atoms with E-state index in [9.17, 15) is 4.79 Å². The number of primary amides is 1. The third kappa shape index (κ3) is 5.15. The number of benzene rings is 1. The third-order valence-electron chi connectivity index (χ3n) is 2.63. The van der Waals surface area contributed by atoms with E-state index in [4.69, 9.17) is 33.7 Å². The summed E-state index contributed by atoms with van der Waals surface area (Å²) in [5.41, 5.74) is 5.97. The number of nitrogens with two attached hydrogens (primary N) is 1. The summed E-state index contributed by atoms with van der Waals surface area (Å²) in [4.78, 5) is 10.8. The van der Waals surface area contributed by atoms with Gasteiger partial charge in [-0.05, 0) is 24.1 Å². The van der Waals surface area contributed by atoms with E-state index < -0.39 is 6.09 Å². The van der Waals surface area contributed by atoms with Gasteiger partial charge in [0.2, 0.25) is 0 Å². The topological polar surface area (TPSA) is 52.3 Å². The lowest BCUT2D eigenvalue weighted by Gasteiger charge is -2.17. The summed E-state index contributed by atoms with van der Waals surface area (Å²) >= 11 is 11.9. The molecule has 0 aliphatic rings. The molecule has 1 rings (SSSR count). The summed E-state index contributed by atoms with van der Waals surface area (Å²) < 4.78 is 5.09. The van der Waals surface area contributed by atoms with Crippen LogP contribution in [0.3, 0.4) is 0 Å². The van der Waals surface area contributed by atoms with Gasteiger partial charge in [0.05, 0.1) is 0 Å². The molecule has 1 atom stereocenters. The number of carbonyl (C=O) groups excluding carboxylic acids is 1. The van der Waals surface area contributed by atoms with Crippen molar-refractivity contribution in [3.63, 3.8) is 0 Å². The van der Waals surface area contributed by atoms with Crippen molar-refractivity contribution < 1.29 is 9.53 Å². The SMILES string of the molecule is CCCCC(Cc1ccc(Cl)cc1Cl)OC(N)=O. The Morgan fingerprint density at radius 3 is 2.72 bits per heavy atom. The van der Waals surface area contributed by atoms with E-state index in [0.717, 1.165) is 24.8 Å². The molecule has 18 heavy (non-hydrogen) atoms. The van der Waals surface area contributed by atoms with E-state index in [1.165, 1.54) is 0 Å². The molecule has 0 bridgehead atoms. The Morgan fingerprint density at radius 2 is 2.17 bits per heavy atom. The minimum absolute atomic E-state index is 0.235. The zero-order valence-electron chi connectivity index (χ0n) is 10.3. The average Bonchev–Trinajstić information content (AvgIpc) is 2.29. The van der Waals surface area contributed by atoms with Crippen LogP contribution in [-0.2, 0) is 11.2 Å². The van der Waals surface area contributed by atoms with Gasteiger partial charge < -0.3 is 10.5 Å². The van der Waals surface area contributed by atoms with Gasteiger partial charge >= 0.3 is 6.09 Å². The van der Waals surface area contributed by atoms with Gasteiger partial charge in [-0.2, -0.15) is 0 Å². The molecule has 2 N–H and O–H groups in total. The lowest BCUT2D eigenvalue weighted by Crippen LogP contribution is -2.24. The molecule has 0 aromatic heterocycles. The number of amides is 1. The van der Waals surface area contributed by atoms with Crippen molar-refractivity contribution in [2.75, 3.05) is 0 Å². The van der Waals surface area contributed by atoms with E-state index in [-0.39, 0.29) is 6.10 Å². The lowest BCUT2D eigenvalue weighted by molar-refractivity contribution is 0.0997. The molecule has 3 nitrogen and oxygen atoms in total. The second-order valence-electron chi connectivity index (χ2n) is 4.14. The molecule has 1 unspecified atom stereocenters. The minimum Gasteiger partial charge on any atom is -0.446 e. The largest absolute Gasteiger partial charge is 0.446 e. The van der Waals surface area contributed by atoms with Crippen molar-refractivity contribution in [2.24, 2.45) is 5.73 Å². The van der Waals surface area contributed by atoms with Crippen LogP contribution in [0.1, 0.15) is 31.7 Å². The summed E-state index contributed by atoms with van der Waals surface area (Å²) in [5.74, 6) is 0. The molecule has 1 aromatic rings. The third-order valence-corrected chi connectivity index (χ3v) is 3.21. The maximum atomic E-state index is 10.8. The lowest BCUT2D eigenvalue weighted by atomic mass is 10.0. The molecular weight excluding hydrogens is 273 g/mol. The van der Waals surface area contributed by atoms with E-state index in [2.05, 4.69) is 6.92 Å². The predicted molar refractivity (Wildman–Crippen MR) is 74.1 cm³/mol. The maximum Gasteiger partial charge on any atom is 0.404 e. The van der Waals surface area contributed by atoms with Crippen LogP contribution < -0.4 is 5.73 Å². The van der Waals surface area contributed by atoms with Gasteiger partial charge in [-0.1, -0.05) is 49.0 Å². The van der Waals surface area contributed by atoms with Crippen molar-refractivity contribution in [1.29, 1.82) is 0 Å². The number of halogens is 2. The summed E-state index contributed by atoms with van der Waals surface area (Å²) in [6.07, 6.45) is 2.36. The Balaban J connectivity index is 2.71. The monoisotopic (exact) mass is 289 g/mol. The summed E-state index contributed by atoms with van der Waals surface area (Å²) in [5, 5.41) is 1.17. The minimum atomic E-state index is -0.749. The van der Waals surface area contributed by atoms with Gasteiger partial charge in [-0.25, -0.2) is 4.79 Å². The van der Waals surface area contributed by atoms with E-state index >= 15 is 0 Å². The molecule has 0 aliphatic heterocycles. The number of hydrogen-bond donors (Lipinski definition) is 1. The summed E-state index contributed by atoms with van der Waals surface area (Å²) in [6.45, 7) is 2.08. The maximum absolute atomic E-state index is 10.8. The first-order chi connectivity index (χ1) is 8.52. The molecule has 0 radical (unpaired) electrons. The number of rotatable bonds is 6. The zero-order chi connectivity index (χ0) is 13.5. The molecule has 0 saturated heterocycles. The van der Waals surface area contributed by atoms with Crippen LogP contribution in [0.2, 0.25) is 10.0 Å². The Labute approximate surface area is 117 Å². The summed E-state index contributed by atoms with van der Waals surface area (Å²) in [6, 6.07) is 5.29. The Hall–Kier alpha value is -0.930. The molecule has 100 valence electrons. The number of carbonyl (C=O) groups is 1. The van der Waals surface area contributed by atoms with Gasteiger partial charge in [0.1, 0.15) is 6.10 Å². The molecule has 1 amide bonds. The van der Waals surface area contributed by atoms with Gasteiger partial charge in [-0.3, -0.25) is 0 Å². The van der Waals surface area contributed by atoms with E-state index in [0.29, 0.717) is 16.5 Å². The van der Waals surface area contributed by atoms with Crippen LogP contribution in [-0.4, -0.2) is 12.2 Å². The van der Waals surface area contributed by atoms with Crippen LogP contribution in [0, 0.1) is 0 Å². The van der Waals surface area contributed by atoms with E-state index in [1.54, 1.807) is 12.1 Å². The highest BCUT2D eigenvalue weighted by molar-refractivity contribution is 6.35. The zero-order valence-corrected chi connectivity index (χ0v) is 11.8. The Bertz CT molecular complexity index is 410. The second-order valence-corrected chi connectivity index (χ2v) is 4.98. The van der Waals surface area contributed by atoms with E-state index in [1.807, 2.05) is 6.07 Å². The molecule has 0 saturated carbocycles. The van der Waals surface area contributed by atoms with Crippen molar-refractivity contribution >= 4 is 29.3 Å². The molecule has 0 heterocycles. The van der Waals surface area contributed by atoms with Crippen LogP contribution >= 0.6 is 23.2 Å². The Kier molecular flexibility index (Phi) is 6.30. The Morgan fingerprint density at radius 1 is 1.44 bits per heavy atom. The first kappa shape index (κ1) is 15.1. The highest BCUT2D eigenvalue weighted by Crippen LogP contribution is 2.23. The highest BCUT2D eigenvalue weighted by Gasteiger charge is 2.14. The summed E-state index contributed by atoms with van der Waals surface area (Å²) in [7, 11) is 0. The fraction of sp³-hybridized carbons (Fsp3) is 0.462. The van der Waals surface area contributed by atoms with Crippen LogP contribution in [0.25, 0.3) is 0 Å². The van der Waals surface area contributed by atoms with Crippen molar-refractivity contribution in [3.8, 4) is 0 Å². The first-order valence-corrected chi connectivity index (χ1v) is 6.68. The first-order valence-electron chi connectivity index (χ1n) is 5.93. The number of hydrogen-bond acceptors (Lipinski definition) is 2. The fourth-order valence-corrected chi connectivity index (χ4v) is 2.22. The molecule has 0 aliphatic carbocycles. The molecule has 5 heteroatoms. The molecule has 0 spiro atoms. The normalized spacial score (nSPS) is 12.2. The standard InChI is InChI=1S/C13H17Cl2NO2/c1-2-3-4-11(18-13(16)17)7-9-5-6-10(14)8-12(9)15/h5-6,8,11H,2-4,7H2,1H3,(H2,16,17). The smallest absolute Gasteiger partial charge is 0.404 e. The average molecular weight is 290 g/mol. The molecule has 0 fully saturated rings. The fourth-order valence-electron chi connectivity index (χ4n) is 1.73. The van der Waals surface area contributed by atoms with Gasteiger partial charge in [0.15, 0.2) is 0 Å². The number of ether oxygens (including phenoxy) is 1.